The maximum atomic E-state index is 12.4. The van der Waals surface area contributed by atoms with Gasteiger partial charge in [0.1, 0.15) is 0 Å². The Balaban J connectivity index is 1.25. The molecular formula is C19H20Cl2N2OS. The van der Waals surface area contributed by atoms with Crippen LogP contribution in [0.1, 0.15) is 22.4 Å². The fourth-order valence-corrected chi connectivity index (χ4v) is 4.79. The molecule has 25 heavy (non-hydrogen) atoms. The first kappa shape index (κ1) is 17.3. The number of halogens is 2. The van der Waals surface area contributed by atoms with Crippen LogP contribution in [0.5, 0.6) is 0 Å². The number of likely N-dealkylation sites (tertiary alicyclic amines) is 1. The quantitative estimate of drug-likeness (QED) is 0.773. The Morgan fingerprint density at radius 3 is 2.84 bits per heavy atom. The van der Waals surface area contributed by atoms with E-state index in [0.717, 1.165) is 38.2 Å². The summed E-state index contributed by atoms with van der Waals surface area (Å²) in [5, 5.41) is 3.29. The minimum Gasteiger partial charge on any atom is -0.339 e. The third-order valence-electron chi connectivity index (χ3n) is 5.18. The maximum Gasteiger partial charge on any atom is 0.223 e. The van der Waals surface area contributed by atoms with E-state index in [1.54, 1.807) is 6.07 Å². The van der Waals surface area contributed by atoms with Crippen LogP contribution in [0.2, 0.25) is 10.0 Å². The van der Waals surface area contributed by atoms with Crippen molar-refractivity contribution in [3.8, 4) is 0 Å². The minimum absolute atomic E-state index is 0.232. The van der Waals surface area contributed by atoms with E-state index in [-0.39, 0.29) is 5.91 Å². The number of fused-ring (bicyclic) bond motifs is 1. The number of rotatable bonds is 4. The number of carbonyl (C=O) groups excluding carboxylic acids is 1. The largest absolute Gasteiger partial charge is 0.339 e. The second-order valence-corrected chi connectivity index (χ2v) is 8.61. The zero-order valence-electron chi connectivity index (χ0n) is 13.9. The summed E-state index contributed by atoms with van der Waals surface area (Å²) in [5.41, 5.74) is 2.53. The van der Waals surface area contributed by atoms with E-state index in [1.165, 1.54) is 10.4 Å². The molecule has 0 unspecified atom stereocenters. The molecule has 3 nitrogen and oxygen atoms in total. The van der Waals surface area contributed by atoms with E-state index in [2.05, 4.69) is 16.3 Å². The summed E-state index contributed by atoms with van der Waals surface area (Å²) in [6, 6.07) is 8.33. The minimum atomic E-state index is 0.232. The monoisotopic (exact) mass is 394 g/mol. The summed E-state index contributed by atoms with van der Waals surface area (Å²) >= 11 is 13.8. The predicted octanol–water partition coefficient (Wildman–Crippen LogP) is 4.26. The van der Waals surface area contributed by atoms with Gasteiger partial charge in [-0.1, -0.05) is 29.3 Å². The van der Waals surface area contributed by atoms with Crippen molar-refractivity contribution in [2.45, 2.75) is 31.8 Å². The van der Waals surface area contributed by atoms with E-state index in [4.69, 9.17) is 23.2 Å². The van der Waals surface area contributed by atoms with Crippen LogP contribution >= 0.6 is 34.5 Å². The van der Waals surface area contributed by atoms with Crippen molar-refractivity contribution >= 4 is 40.4 Å². The van der Waals surface area contributed by atoms with Crippen LogP contribution in [0.3, 0.4) is 0 Å². The molecule has 1 fully saturated rings. The molecule has 1 amide bonds. The van der Waals surface area contributed by atoms with Gasteiger partial charge in [0.05, 0.1) is 10.0 Å². The lowest BCUT2D eigenvalue weighted by atomic mass is 10.0. The Hall–Kier alpha value is -1.07. The Morgan fingerprint density at radius 1 is 1.20 bits per heavy atom. The standard InChI is InChI=1S/C19H20Cl2N2OS/c20-16-3-1-13(9-17(16)21)2-4-19(24)23-11-15(12-23)22-7-5-18-14(10-22)6-8-25-18/h1,3,6,8-9,15H,2,4-5,7,10-12H2. The number of hydrogen-bond acceptors (Lipinski definition) is 3. The molecule has 2 aliphatic rings. The molecule has 1 saturated heterocycles. The molecule has 2 aliphatic heterocycles. The van der Waals surface area contributed by atoms with Crippen LogP contribution in [0.4, 0.5) is 0 Å². The van der Waals surface area contributed by atoms with Crippen molar-refractivity contribution < 1.29 is 4.79 Å². The Kier molecular flexibility index (Phi) is 5.05. The lowest BCUT2D eigenvalue weighted by Gasteiger charge is -2.46. The lowest BCUT2D eigenvalue weighted by Crippen LogP contribution is -2.61. The van der Waals surface area contributed by atoms with Gasteiger partial charge in [0.25, 0.3) is 0 Å². The molecule has 0 spiro atoms. The average molecular weight is 395 g/mol. The number of aryl methyl sites for hydroxylation is 1. The summed E-state index contributed by atoms with van der Waals surface area (Å²) in [7, 11) is 0. The fraction of sp³-hybridized carbons (Fsp3) is 0.421. The third-order valence-corrected chi connectivity index (χ3v) is 6.94. The number of hydrogen-bond donors (Lipinski definition) is 0. The smallest absolute Gasteiger partial charge is 0.223 e. The normalized spacial score (nSPS) is 18.1. The fourth-order valence-electron chi connectivity index (χ4n) is 3.58. The van der Waals surface area contributed by atoms with Crippen molar-refractivity contribution in [2.24, 2.45) is 0 Å². The van der Waals surface area contributed by atoms with Gasteiger partial charge < -0.3 is 4.90 Å². The Bertz CT molecular complexity index is 785. The molecule has 6 heteroatoms. The molecular weight excluding hydrogens is 375 g/mol. The molecule has 3 heterocycles. The van der Waals surface area contributed by atoms with Gasteiger partial charge in [0.15, 0.2) is 0 Å². The second-order valence-electron chi connectivity index (χ2n) is 6.79. The lowest BCUT2D eigenvalue weighted by molar-refractivity contribution is -0.138. The first-order valence-electron chi connectivity index (χ1n) is 8.61. The van der Waals surface area contributed by atoms with Gasteiger partial charge in [-0.25, -0.2) is 0 Å². The van der Waals surface area contributed by atoms with Crippen LogP contribution in [-0.4, -0.2) is 41.4 Å². The molecule has 0 bridgehead atoms. The highest BCUT2D eigenvalue weighted by Gasteiger charge is 2.35. The number of benzene rings is 1. The molecule has 2 aromatic rings. The van der Waals surface area contributed by atoms with Crippen molar-refractivity contribution in [2.75, 3.05) is 19.6 Å². The Labute approximate surface area is 162 Å². The molecule has 1 aromatic carbocycles. The van der Waals surface area contributed by atoms with Gasteiger partial charge in [-0.05, 0) is 47.5 Å². The van der Waals surface area contributed by atoms with E-state index in [1.807, 2.05) is 28.4 Å². The molecule has 132 valence electrons. The predicted molar refractivity (Wildman–Crippen MR) is 104 cm³/mol. The average Bonchev–Trinajstić information content (AvgIpc) is 3.02. The van der Waals surface area contributed by atoms with E-state index >= 15 is 0 Å². The van der Waals surface area contributed by atoms with E-state index < -0.39 is 0 Å². The van der Waals surface area contributed by atoms with Crippen molar-refractivity contribution in [3.63, 3.8) is 0 Å². The zero-order chi connectivity index (χ0) is 17.4. The highest BCUT2D eigenvalue weighted by Crippen LogP contribution is 2.28. The van der Waals surface area contributed by atoms with Crippen molar-refractivity contribution in [1.82, 2.24) is 9.80 Å². The van der Waals surface area contributed by atoms with Gasteiger partial charge in [0, 0.05) is 43.5 Å². The zero-order valence-corrected chi connectivity index (χ0v) is 16.2. The number of thiophene rings is 1. The van der Waals surface area contributed by atoms with Gasteiger partial charge in [-0.15, -0.1) is 11.3 Å². The van der Waals surface area contributed by atoms with Crippen LogP contribution in [0.25, 0.3) is 0 Å². The van der Waals surface area contributed by atoms with Crippen LogP contribution in [-0.2, 0) is 24.2 Å². The second kappa shape index (κ2) is 7.28. The van der Waals surface area contributed by atoms with Crippen LogP contribution < -0.4 is 0 Å². The maximum absolute atomic E-state index is 12.4. The van der Waals surface area contributed by atoms with Gasteiger partial charge in [0.2, 0.25) is 5.91 Å². The SMILES string of the molecule is O=C(CCc1ccc(Cl)c(Cl)c1)N1CC(N2CCc3sccc3C2)C1. The molecule has 0 aliphatic carbocycles. The number of nitrogens with zero attached hydrogens (tertiary/aromatic N) is 2. The summed E-state index contributed by atoms with van der Waals surface area (Å²) in [6.45, 7) is 3.87. The Morgan fingerprint density at radius 2 is 2.04 bits per heavy atom. The van der Waals surface area contributed by atoms with Gasteiger partial charge >= 0.3 is 0 Å². The molecule has 0 atom stereocenters. The highest BCUT2D eigenvalue weighted by atomic mass is 35.5. The van der Waals surface area contributed by atoms with E-state index in [9.17, 15) is 4.79 Å². The topological polar surface area (TPSA) is 23.6 Å². The van der Waals surface area contributed by atoms with Crippen molar-refractivity contribution in [3.05, 3.63) is 55.7 Å². The highest BCUT2D eigenvalue weighted by molar-refractivity contribution is 7.10. The van der Waals surface area contributed by atoms with E-state index in [0.29, 0.717) is 28.9 Å². The third kappa shape index (κ3) is 3.72. The summed E-state index contributed by atoms with van der Waals surface area (Å²) in [4.78, 5) is 18.4. The molecule has 1 aromatic heterocycles. The molecule has 0 saturated carbocycles. The van der Waals surface area contributed by atoms with Crippen LogP contribution in [0, 0.1) is 0 Å². The summed E-state index contributed by atoms with van der Waals surface area (Å²) < 4.78 is 0. The summed E-state index contributed by atoms with van der Waals surface area (Å²) in [5.74, 6) is 0.232. The number of carbonyl (C=O) groups is 1. The first-order valence-corrected chi connectivity index (χ1v) is 10.2. The molecule has 0 N–H and O–H groups in total. The molecule has 0 radical (unpaired) electrons. The van der Waals surface area contributed by atoms with Gasteiger partial charge in [-0.2, -0.15) is 0 Å². The molecule has 4 rings (SSSR count). The first-order chi connectivity index (χ1) is 12.1. The van der Waals surface area contributed by atoms with Crippen molar-refractivity contribution in [1.29, 1.82) is 0 Å². The van der Waals surface area contributed by atoms with Crippen LogP contribution in [0.15, 0.2) is 29.6 Å². The summed E-state index contributed by atoms with van der Waals surface area (Å²) in [6.07, 6.45) is 2.38. The number of amides is 1. The van der Waals surface area contributed by atoms with Gasteiger partial charge in [-0.3, -0.25) is 9.69 Å².